The van der Waals surface area contributed by atoms with Crippen molar-refractivity contribution in [3.8, 4) is 23.0 Å². The third-order valence-electron chi connectivity index (χ3n) is 10.3. The zero-order valence-electron chi connectivity index (χ0n) is 34.4. The average Bonchev–Trinajstić information content (AvgIpc) is 3.20. The number of alkyl halides is 1. The minimum atomic E-state index is 0.419. The van der Waals surface area contributed by atoms with Crippen molar-refractivity contribution in [2.75, 3.05) is 13.2 Å². The minimum absolute atomic E-state index is 0.419. The Hall–Kier alpha value is -2.85. The molecule has 3 aromatic carbocycles. The third-order valence-corrected chi connectivity index (χ3v) is 10.6. The minimum Gasteiger partial charge on any atom is -0.494 e. The molecular formula is C49H75ClO4. The molecule has 0 aliphatic rings. The van der Waals surface area contributed by atoms with Crippen molar-refractivity contribution >= 4 is 11.6 Å². The lowest BCUT2D eigenvalue weighted by atomic mass is 10.1. The summed E-state index contributed by atoms with van der Waals surface area (Å²) in [5.74, 6) is 3.65. The van der Waals surface area contributed by atoms with Gasteiger partial charge >= 0.3 is 0 Å². The average molecular weight is 764 g/mol. The van der Waals surface area contributed by atoms with E-state index in [1.54, 1.807) is 0 Å². The van der Waals surface area contributed by atoms with E-state index in [9.17, 15) is 0 Å². The summed E-state index contributed by atoms with van der Waals surface area (Å²) in [5, 5.41) is 0. The van der Waals surface area contributed by atoms with Gasteiger partial charge in [-0.2, -0.15) is 0 Å². The van der Waals surface area contributed by atoms with Gasteiger partial charge in [0.25, 0.3) is 0 Å². The fourth-order valence-electron chi connectivity index (χ4n) is 6.82. The molecule has 4 nitrogen and oxygen atoms in total. The summed E-state index contributed by atoms with van der Waals surface area (Å²) in [7, 11) is 0. The molecule has 0 radical (unpaired) electrons. The Morgan fingerprint density at radius 2 is 0.685 bits per heavy atom. The van der Waals surface area contributed by atoms with Gasteiger partial charge in [-0.05, 0) is 65.9 Å². The molecule has 0 atom stereocenters. The lowest BCUT2D eigenvalue weighted by Crippen LogP contribution is -2.02. The highest BCUT2D eigenvalue weighted by Gasteiger charge is 2.09. The van der Waals surface area contributed by atoms with Gasteiger partial charge in [0.2, 0.25) is 0 Å². The predicted molar refractivity (Wildman–Crippen MR) is 231 cm³/mol. The Balaban J connectivity index is 1.27. The van der Waals surface area contributed by atoms with Gasteiger partial charge in [0.15, 0.2) is 11.5 Å². The van der Waals surface area contributed by atoms with Gasteiger partial charge in [-0.25, -0.2) is 0 Å². The van der Waals surface area contributed by atoms with Gasteiger partial charge in [-0.1, -0.05) is 185 Å². The Labute approximate surface area is 336 Å². The van der Waals surface area contributed by atoms with E-state index in [-0.39, 0.29) is 0 Å². The summed E-state index contributed by atoms with van der Waals surface area (Å²) in [6.45, 7) is 7.00. The maximum absolute atomic E-state index is 6.26. The summed E-state index contributed by atoms with van der Waals surface area (Å²) in [6, 6.07) is 22.4. The molecule has 0 aliphatic heterocycles. The number of unbranched alkanes of at least 4 members (excludes halogenated alkanes) is 22. The van der Waals surface area contributed by atoms with Crippen molar-refractivity contribution in [3.63, 3.8) is 0 Å². The highest BCUT2D eigenvalue weighted by molar-refractivity contribution is 6.17. The van der Waals surface area contributed by atoms with E-state index < -0.39 is 0 Å². The van der Waals surface area contributed by atoms with E-state index in [0.29, 0.717) is 30.6 Å². The Kier molecular flexibility index (Phi) is 26.4. The molecule has 0 N–H and O–H groups in total. The molecule has 0 heterocycles. The van der Waals surface area contributed by atoms with Gasteiger partial charge in [0.05, 0.1) is 13.2 Å². The molecule has 0 aromatic heterocycles. The smallest absolute Gasteiger partial charge is 0.162 e. The van der Waals surface area contributed by atoms with Crippen molar-refractivity contribution in [1.82, 2.24) is 0 Å². The van der Waals surface area contributed by atoms with E-state index in [2.05, 4.69) is 38.1 Å². The summed E-state index contributed by atoms with van der Waals surface area (Å²) in [4.78, 5) is 0. The van der Waals surface area contributed by atoms with Crippen molar-refractivity contribution in [2.45, 2.75) is 187 Å². The van der Waals surface area contributed by atoms with E-state index in [0.717, 1.165) is 54.2 Å². The standard InChI is InChI=1S/C49H75ClO4/c1-3-5-7-9-11-13-15-17-19-21-23-25-37-51-46-32-27-43(28-33-46)41-53-48-36-31-45(40-50)39-49(48)54-42-44-29-34-47(35-30-44)52-38-26-24-22-20-18-16-14-12-10-8-6-4-2/h27-36,39H,3-26,37-38,40-42H2,1-2H3. The van der Waals surface area contributed by atoms with Crippen LogP contribution in [0.2, 0.25) is 0 Å². The number of rotatable bonds is 35. The monoisotopic (exact) mass is 763 g/mol. The second-order valence-corrected chi connectivity index (χ2v) is 15.5. The van der Waals surface area contributed by atoms with Gasteiger partial charge in [0, 0.05) is 5.88 Å². The maximum Gasteiger partial charge on any atom is 0.162 e. The normalized spacial score (nSPS) is 11.2. The van der Waals surface area contributed by atoms with E-state index >= 15 is 0 Å². The van der Waals surface area contributed by atoms with E-state index in [1.165, 1.54) is 141 Å². The highest BCUT2D eigenvalue weighted by atomic mass is 35.5. The highest BCUT2D eigenvalue weighted by Crippen LogP contribution is 2.31. The van der Waals surface area contributed by atoms with Crippen LogP contribution in [0.3, 0.4) is 0 Å². The van der Waals surface area contributed by atoms with Gasteiger partial charge < -0.3 is 18.9 Å². The molecule has 3 rings (SSSR count). The second-order valence-electron chi connectivity index (χ2n) is 15.3. The molecule has 302 valence electrons. The first-order valence-electron chi connectivity index (χ1n) is 22.1. The fraction of sp³-hybridized carbons (Fsp3) is 0.633. The maximum atomic E-state index is 6.26. The molecule has 3 aromatic rings. The zero-order valence-corrected chi connectivity index (χ0v) is 35.1. The van der Waals surface area contributed by atoms with Gasteiger partial charge in [0.1, 0.15) is 24.7 Å². The number of benzene rings is 3. The number of ether oxygens (including phenoxy) is 4. The number of hydrogen-bond donors (Lipinski definition) is 0. The van der Waals surface area contributed by atoms with Crippen LogP contribution in [0.5, 0.6) is 23.0 Å². The zero-order chi connectivity index (χ0) is 38.2. The molecule has 0 fully saturated rings. The largest absolute Gasteiger partial charge is 0.494 e. The van der Waals surface area contributed by atoms with Crippen LogP contribution >= 0.6 is 11.6 Å². The first-order chi connectivity index (χ1) is 26.7. The van der Waals surface area contributed by atoms with E-state index in [1.807, 2.05) is 42.5 Å². The molecule has 0 saturated carbocycles. The summed E-state index contributed by atoms with van der Waals surface area (Å²) in [5.41, 5.74) is 3.16. The van der Waals surface area contributed by atoms with Crippen LogP contribution in [0.15, 0.2) is 66.7 Å². The van der Waals surface area contributed by atoms with Crippen LogP contribution in [-0.2, 0) is 19.1 Å². The number of halogens is 1. The van der Waals surface area contributed by atoms with Crippen LogP contribution < -0.4 is 18.9 Å². The van der Waals surface area contributed by atoms with Crippen molar-refractivity contribution < 1.29 is 18.9 Å². The quantitative estimate of drug-likeness (QED) is 0.0442. The Bertz CT molecular complexity index is 1290. The van der Waals surface area contributed by atoms with Crippen LogP contribution in [0.1, 0.15) is 185 Å². The van der Waals surface area contributed by atoms with Crippen molar-refractivity contribution in [2.24, 2.45) is 0 Å². The van der Waals surface area contributed by atoms with Crippen LogP contribution in [-0.4, -0.2) is 13.2 Å². The summed E-state index contributed by atoms with van der Waals surface area (Å²) < 4.78 is 24.5. The van der Waals surface area contributed by atoms with E-state index in [4.69, 9.17) is 30.5 Å². The molecule has 0 amide bonds. The summed E-state index contributed by atoms with van der Waals surface area (Å²) >= 11 is 6.17. The van der Waals surface area contributed by atoms with Gasteiger partial charge in [-0.15, -0.1) is 11.6 Å². The van der Waals surface area contributed by atoms with Crippen LogP contribution in [0.25, 0.3) is 0 Å². The number of hydrogen-bond acceptors (Lipinski definition) is 4. The molecule has 0 bridgehead atoms. The topological polar surface area (TPSA) is 36.9 Å². The fourth-order valence-corrected chi connectivity index (χ4v) is 6.99. The molecule has 0 saturated heterocycles. The molecule has 5 heteroatoms. The molecule has 0 unspecified atom stereocenters. The second kappa shape index (κ2) is 31.4. The molecular weight excluding hydrogens is 688 g/mol. The molecule has 0 spiro atoms. The third kappa shape index (κ3) is 21.9. The van der Waals surface area contributed by atoms with Crippen molar-refractivity contribution in [3.05, 3.63) is 83.4 Å². The predicted octanol–water partition coefficient (Wildman–Crippen LogP) is 15.7. The van der Waals surface area contributed by atoms with Gasteiger partial charge in [-0.3, -0.25) is 0 Å². The molecule has 0 aliphatic carbocycles. The van der Waals surface area contributed by atoms with Crippen LogP contribution in [0, 0.1) is 0 Å². The first kappa shape index (κ1) is 45.5. The summed E-state index contributed by atoms with van der Waals surface area (Å²) in [6.07, 6.45) is 32.4. The SMILES string of the molecule is CCCCCCCCCCCCCCOc1ccc(COc2ccc(CCl)cc2OCc2ccc(OCCCCCCCCCCCCCC)cc2)cc1. The Morgan fingerprint density at radius 1 is 0.352 bits per heavy atom. The van der Waals surface area contributed by atoms with Crippen LogP contribution in [0.4, 0.5) is 0 Å². The Morgan fingerprint density at radius 3 is 1.06 bits per heavy atom. The van der Waals surface area contributed by atoms with Crippen molar-refractivity contribution in [1.29, 1.82) is 0 Å². The molecule has 54 heavy (non-hydrogen) atoms. The lowest BCUT2D eigenvalue weighted by molar-refractivity contribution is 0.255. The first-order valence-corrected chi connectivity index (χ1v) is 22.6. The lowest BCUT2D eigenvalue weighted by Gasteiger charge is -2.15.